The number of aliphatic hydroxyl groups excluding tert-OH is 1. The number of aliphatic hydroxyl groups is 1. The lowest BCUT2D eigenvalue weighted by atomic mass is 9.30. The number of fused-ring (bicyclic) bond motifs is 4. The van der Waals surface area contributed by atoms with Crippen molar-refractivity contribution in [2.75, 3.05) is 39.5 Å². The van der Waals surface area contributed by atoms with Gasteiger partial charge in [-0.25, -0.2) is 0 Å². The molecular formula is C37H63NO5. The molecule has 0 radical (unpaired) electrons. The number of esters is 2. The maximum absolute atomic E-state index is 12.4. The van der Waals surface area contributed by atoms with E-state index in [9.17, 15) is 14.7 Å². The van der Waals surface area contributed by atoms with Crippen molar-refractivity contribution in [2.45, 2.75) is 135 Å². The van der Waals surface area contributed by atoms with Crippen LogP contribution in [0.2, 0.25) is 0 Å². The summed E-state index contributed by atoms with van der Waals surface area (Å²) in [7, 11) is 0. The second-order valence-corrected chi connectivity index (χ2v) is 15.1. The van der Waals surface area contributed by atoms with Gasteiger partial charge in [0, 0.05) is 24.8 Å². The quantitative estimate of drug-likeness (QED) is 0.0737. The molecule has 1 N–H and O–H groups in total. The molecule has 0 amide bonds. The van der Waals surface area contributed by atoms with E-state index in [0.29, 0.717) is 24.9 Å². The molecule has 5 fully saturated rings. The van der Waals surface area contributed by atoms with Crippen molar-refractivity contribution in [1.82, 2.24) is 4.90 Å². The van der Waals surface area contributed by atoms with Gasteiger partial charge >= 0.3 is 11.9 Å². The Morgan fingerprint density at radius 1 is 0.651 bits per heavy atom. The number of carbonyl (C=O) groups is 2. The summed E-state index contributed by atoms with van der Waals surface area (Å²) in [4.78, 5) is 26.7. The number of hydrogen-bond acceptors (Lipinski definition) is 6. The Morgan fingerprint density at radius 3 is 1.79 bits per heavy atom. The molecule has 0 bridgehead atoms. The summed E-state index contributed by atoms with van der Waals surface area (Å²) in [6, 6.07) is 0. The zero-order valence-corrected chi connectivity index (χ0v) is 27.5. The van der Waals surface area contributed by atoms with Gasteiger partial charge in [0.05, 0.1) is 19.8 Å². The largest absolute Gasteiger partial charge is 0.466 e. The van der Waals surface area contributed by atoms with Crippen molar-refractivity contribution in [3.8, 4) is 0 Å². The summed E-state index contributed by atoms with van der Waals surface area (Å²) in [6.07, 6.45) is 22.3. The van der Waals surface area contributed by atoms with Crippen molar-refractivity contribution >= 4 is 11.9 Å². The molecule has 0 aromatic carbocycles. The predicted octanol–water partition coefficient (Wildman–Crippen LogP) is 7.56. The summed E-state index contributed by atoms with van der Waals surface area (Å²) < 4.78 is 11.2. The maximum Gasteiger partial charge on any atom is 0.305 e. The molecule has 8 unspecified atom stereocenters. The third-order valence-electron chi connectivity index (χ3n) is 12.4. The fourth-order valence-electron chi connectivity index (χ4n) is 10.4. The minimum absolute atomic E-state index is 0.0290. The van der Waals surface area contributed by atoms with E-state index in [-0.39, 0.29) is 18.5 Å². The highest BCUT2D eigenvalue weighted by Gasteiger charge is 2.95. The molecule has 6 nitrogen and oxygen atoms in total. The number of carbonyl (C=O) groups excluding carboxylic acids is 2. The van der Waals surface area contributed by atoms with Gasteiger partial charge in [0.25, 0.3) is 0 Å². The standard InChI is InChI=1S/C37H63NO5/c1-2-3-4-5-6-13-18-25-42-29(40)19-14-9-7-11-16-21-38(23-24-39)22-17-12-8-10-15-20-30(41)43-27-37-26-28-31-32(35(28)37)34-33(31)36(34)37/h28,31-36,39H,2-27H2,1H3. The lowest BCUT2D eigenvalue weighted by Gasteiger charge is -2.74. The minimum Gasteiger partial charge on any atom is -0.466 e. The number of unbranched alkanes of at least 4 members (excludes halogenated alkanes) is 14. The molecule has 43 heavy (non-hydrogen) atoms. The van der Waals surface area contributed by atoms with Crippen LogP contribution in [-0.2, 0) is 19.1 Å². The van der Waals surface area contributed by atoms with Gasteiger partial charge in [0.1, 0.15) is 0 Å². The number of nitrogens with zero attached hydrogens (tertiary/aromatic N) is 1. The molecule has 0 aromatic heterocycles. The van der Waals surface area contributed by atoms with Crippen molar-refractivity contribution in [2.24, 2.45) is 46.8 Å². The molecule has 0 spiro atoms. The third kappa shape index (κ3) is 7.81. The highest BCUT2D eigenvalue weighted by molar-refractivity contribution is 5.69. The fourth-order valence-corrected chi connectivity index (χ4v) is 10.4. The van der Waals surface area contributed by atoms with E-state index in [1.165, 1.54) is 64.2 Å². The second-order valence-electron chi connectivity index (χ2n) is 15.1. The van der Waals surface area contributed by atoms with Gasteiger partial charge in [-0.2, -0.15) is 0 Å². The average Bonchev–Trinajstić information content (AvgIpc) is 3.68. The van der Waals surface area contributed by atoms with Gasteiger partial charge in [0.15, 0.2) is 0 Å². The van der Waals surface area contributed by atoms with E-state index in [2.05, 4.69) is 11.8 Å². The van der Waals surface area contributed by atoms with Crippen LogP contribution in [0.3, 0.4) is 0 Å². The Bertz CT molecular complexity index is 864. The third-order valence-corrected chi connectivity index (χ3v) is 12.4. The van der Waals surface area contributed by atoms with Crippen LogP contribution in [0, 0.1) is 46.8 Å². The van der Waals surface area contributed by atoms with Crippen LogP contribution in [0.5, 0.6) is 0 Å². The van der Waals surface area contributed by atoms with Gasteiger partial charge in [-0.3, -0.25) is 9.59 Å². The van der Waals surface area contributed by atoms with E-state index >= 15 is 0 Å². The number of hydrogen-bond donors (Lipinski definition) is 1. The highest BCUT2D eigenvalue weighted by atomic mass is 16.5. The van der Waals surface area contributed by atoms with Gasteiger partial charge < -0.3 is 19.5 Å². The maximum atomic E-state index is 12.4. The second kappa shape index (κ2) is 16.4. The Hall–Kier alpha value is -1.14. The zero-order valence-electron chi connectivity index (χ0n) is 27.5. The van der Waals surface area contributed by atoms with Crippen LogP contribution < -0.4 is 0 Å². The molecule has 8 atom stereocenters. The number of ether oxygens (including phenoxy) is 2. The molecule has 0 saturated heterocycles. The van der Waals surface area contributed by atoms with Crippen LogP contribution >= 0.6 is 0 Å². The molecule has 5 aliphatic rings. The fraction of sp³-hybridized carbons (Fsp3) is 0.946. The average molecular weight is 602 g/mol. The molecule has 246 valence electrons. The monoisotopic (exact) mass is 601 g/mol. The smallest absolute Gasteiger partial charge is 0.305 e. The SMILES string of the molecule is CCCCCCCCCOC(=O)CCCCCCCN(CCO)CCCCCCCC(=O)OCC12CC3C4C(C5C4C51)C32. The van der Waals surface area contributed by atoms with Crippen LogP contribution in [0.25, 0.3) is 0 Å². The van der Waals surface area contributed by atoms with E-state index in [1.54, 1.807) is 0 Å². The Morgan fingerprint density at radius 2 is 1.19 bits per heavy atom. The van der Waals surface area contributed by atoms with Crippen molar-refractivity contribution in [3.63, 3.8) is 0 Å². The summed E-state index contributed by atoms with van der Waals surface area (Å²) in [6.45, 7) is 6.62. The Labute approximate surface area is 262 Å². The van der Waals surface area contributed by atoms with Crippen LogP contribution in [0.1, 0.15) is 135 Å². The Balaban J connectivity index is 0.772. The lowest BCUT2D eigenvalue weighted by Crippen LogP contribution is -2.71. The number of rotatable bonds is 28. The molecule has 5 rings (SSSR count). The van der Waals surface area contributed by atoms with Gasteiger partial charge in [0.2, 0.25) is 0 Å². The first kappa shape index (κ1) is 33.2. The van der Waals surface area contributed by atoms with Crippen molar-refractivity contribution in [3.05, 3.63) is 0 Å². The Kier molecular flexibility index (Phi) is 12.7. The minimum atomic E-state index is -0.0290. The van der Waals surface area contributed by atoms with E-state index in [4.69, 9.17) is 9.47 Å². The van der Waals surface area contributed by atoms with Crippen LogP contribution in [0.15, 0.2) is 0 Å². The summed E-state index contributed by atoms with van der Waals surface area (Å²) in [5.41, 5.74) is 0.442. The molecule has 5 aliphatic carbocycles. The lowest BCUT2D eigenvalue weighted by molar-refractivity contribution is -0.283. The van der Waals surface area contributed by atoms with Crippen LogP contribution in [0.4, 0.5) is 0 Å². The molecule has 6 heteroatoms. The van der Waals surface area contributed by atoms with E-state index < -0.39 is 0 Å². The zero-order chi connectivity index (χ0) is 30.1. The molecule has 0 aromatic rings. The first-order chi connectivity index (χ1) is 21.1. The van der Waals surface area contributed by atoms with Crippen LogP contribution in [-0.4, -0.2) is 61.4 Å². The highest BCUT2D eigenvalue weighted by Crippen LogP contribution is 2.98. The molecule has 5 saturated carbocycles. The summed E-state index contributed by atoms with van der Waals surface area (Å²) in [5, 5.41) is 9.47. The van der Waals surface area contributed by atoms with Gasteiger partial charge in [-0.1, -0.05) is 84.0 Å². The van der Waals surface area contributed by atoms with E-state index in [0.717, 1.165) is 119 Å². The molecular weight excluding hydrogens is 538 g/mol. The predicted molar refractivity (Wildman–Crippen MR) is 170 cm³/mol. The summed E-state index contributed by atoms with van der Waals surface area (Å²) in [5.74, 6) is 7.20. The summed E-state index contributed by atoms with van der Waals surface area (Å²) >= 11 is 0. The van der Waals surface area contributed by atoms with E-state index in [1.807, 2.05) is 0 Å². The molecule has 0 aliphatic heterocycles. The first-order valence-electron chi connectivity index (χ1n) is 18.8. The first-order valence-corrected chi connectivity index (χ1v) is 18.8. The van der Waals surface area contributed by atoms with Crippen molar-refractivity contribution in [1.29, 1.82) is 0 Å². The van der Waals surface area contributed by atoms with Gasteiger partial charge in [-0.05, 0) is 93.0 Å². The van der Waals surface area contributed by atoms with Crippen molar-refractivity contribution < 1.29 is 24.2 Å². The van der Waals surface area contributed by atoms with Gasteiger partial charge in [-0.15, -0.1) is 0 Å². The normalized spacial score (nSPS) is 31.7. The molecule has 0 heterocycles. The topological polar surface area (TPSA) is 76.1 Å².